The van der Waals surface area contributed by atoms with Crippen LogP contribution >= 0.6 is 0 Å². The Morgan fingerprint density at radius 1 is 0.952 bits per heavy atom. The van der Waals surface area contributed by atoms with Gasteiger partial charge in [0.05, 0.1) is 0 Å². The molecule has 1 aromatic carbocycles. The van der Waals surface area contributed by atoms with E-state index in [4.69, 9.17) is 5.73 Å². The van der Waals surface area contributed by atoms with E-state index >= 15 is 0 Å². The number of unbranched alkanes of at least 4 members (excludes halogenated alkanes) is 8. The lowest BCUT2D eigenvalue weighted by atomic mass is 9.96. The van der Waals surface area contributed by atoms with Crippen LogP contribution in [0.15, 0.2) is 18.2 Å². The Hall–Kier alpha value is -0.890. The molecule has 0 amide bonds. The third-order valence-electron chi connectivity index (χ3n) is 4.25. The van der Waals surface area contributed by atoms with E-state index in [-0.39, 0.29) is 11.9 Å². The Kier molecular flexibility index (Phi) is 9.32. The summed E-state index contributed by atoms with van der Waals surface area (Å²) in [6.45, 7) is 4.20. The Morgan fingerprint density at radius 3 is 2.10 bits per heavy atom. The minimum absolute atomic E-state index is 0.0511. The first-order valence-corrected chi connectivity index (χ1v) is 8.66. The maximum Gasteiger partial charge on any atom is 0.123 e. The number of rotatable bonds is 11. The molecule has 0 heterocycles. The van der Waals surface area contributed by atoms with Crippen LogP contribution in [0, 0.1) is 12.7 Å². The molecule has 21 heavy (non-hydrogen) atoms. The zero-order chi connectivity index (χ0) is 15.5. The van der Waals surface area contributed by atoms with Crippen molar-refractivity contribution in [3.8, 4) is 0 Å². The molecule has 0 aromatic heterocycles. The summed E-state index contributed by atoms with van der Waals surface area (Å²) >= 11 is 0. The summed E-state index contributed by atoms with van der Waals surface area (Å²) in [4.78, 5) is 0. The maximum absolute atomic E-state index is 13.1. The summed E-state index contributed by atoms with van der Waals surface area (Å²) < 4.78 is 13.1. The Bertz CT molecular complexity index is 389. The molecule has 0 radical (unpaired) electrons. The lowest BCUT2D eigenvalue weighted by Gasteiger charge is -2.14. The summed E-state index contributed by atoms with van der Waals surface area (Å²) in [5, 5.41) is 0. The highest BCUT2D eigenvalue weighted by molar-refractivity contribution is 5.29. The summed E-state index contributed by atoms with van der Waals surface area (Å²) in [6.07, 6.45) is 13.0. The predicted octanol–water partition coefficient (Wildman–Crippen LogP) is 6.05. The van der Waals surface area contributed by atoms with Gasteiger partial charge in [0.25, 0.3) is 0 Å². The molecule has 0 aliphatic carbocycles. The maximum atomic E-state index is 13.1. The van der Waals surface area contributed by atoms with Crippen molar-refractivity contribution in [2.24, 2.45) is 5.73 Å². The van der Waals surface area contributed by atoms with E-state index in [1.807, 2.05) is 13.0 Å². The van der Waals surface area contributed by atoms with Crippen molar-refractivity contribution < 1.29 is 4.39 Å². The van der Waals surface area contributed by atoms with Gasteiger partial charge in [0, 0.05) is 6.04 Å². The predicted molar refractivity (Wildman–Crippen MR) is 89.9 cm³/mol. The van der Waals surface area contributed by atoms with E-state index in [0.29, 0.717) is 0 Å². The first-order chi connectivity index (χ1) is 10.1. The van der Waals surface area contributed by atoms with Crippen LogP contribution in [0.4, 0.5) is 4.39 Å². The summed E-state index contributed by atoms with van der Waals surface area (Å²) in [5.41, 5.74) is 8.28. The van der Waals surface area contributed by atoms with Gasteiger partial charge in [0.1, 0.15) is 5.82 Å². The van der Waals surface area contributed by atoms with Gasteiger partial charge in [-0.2, -0.15) is 0 Å². The molecular formula is C19H32FN. The van der Waals surface area contributed by atoms with E-state index in [9.17, 15) is 4.39 Å². The summed E-state index contributed by atoms with van der Waals surface area (Å²) in [5.74, 6) is -0.175. The minimum atomic E-state index is -0.175. The topological polar surface area (TPSA) is 26.0 Å². The standard InChI is InChI=1S/C19H32FN/c1-3-4-5-6-7-8-9-10-11-12-19(21)18-14-13-17(20)15-16(18)2/h13-15,19H,3-12,21H2,1-2H3. The van der Waals surface area contributed by atoms with Crippen LogP contribution in [-0.4, -0.2) is 0 Å². The monoisotopic (exact) mass is 293 g/mol. The van der Waals surface area contributed by atoms with Crippen LogP contribution in [0.3, 0.4) is 0 Å². The number of hydrogen-bond donors (Lipinski definition) is 1. The molecule has 2 heteroatoms. The van der Waals surface area contributed by atoms with Crippen molar-refractivity contribution in [1.82, 2.24) is 0 Å². The molecule has 1 atom stereocenters. The molecule has 1 nitrogen and oxygen atoms in total. The lowest BCUT2D eigenvalue weighted by molar-refractivity contribution is 0.531. The van der Waals surface area contributed by atoms with Crippen molar-refractivity contribution in [3.63, 3.8) is 0 Å². The van der Waals surface area contributed by atoms with Gasteiger partial charge < -0.3 is 5.73 Å². The Balaban J connectivity index is 2.09. The Morgan fingerprint density at radius 2 is 1.52 bits per heavy atom. The largest absolute Gasteiger partial charge is 0.324 e. The van der Waals surface area contributed by atoms with Gasteiger partial charge in [-0.3, -0.25) is 0 Å². The molecule has 1 unspecified atom stereocenters. The second-order valence-electron chi connectivity index (χ2n) is 6.22. The second kappa shape index (κ2) is 10.8. The van der Waals surface area contributed by atoms with Crippen LogP contribution in [0.2, 0.25) is 0 Å². The first-order valence-electron chi connectivity index (χ1n) is 8.66. The molecular weight excluding hydrogens is 261 g/mol. The van der Waals surface area contributed by atoms with Gasteiger partial charge in [-0.25, -0.2) is 4.39 Å². The number of nitrogens with two attached hydrogens (primary N) is 1. The van der Waals surface area contributed by atoms with E-state index in [1.165, 1.54) is 63.9 Å². The van der Waals surface area contributed by atoms with Crippen molar-refractivity contribution in [2.75, 3.05) is 0 Å². The Labute approximate surface area is 130 Å². The number of hydrogen-bond acceptors (Lipinski definition) is 1. The fraction of sp³-hybridized carbons (Fsp3) is 0.684. The average Bonchev–Trinajstić information content (AvgIpc) is 2.45. The second-order valence-corrected chi connectivity index (χ2v) is 6.22. The van der Waals surface area contributed by atoms with Gasteiger partial charge in [-0.05, 0) is 36.6 Å². The van der Waals surface area contributed by atoms with Gasteiger partial charge in [0.2, 0.25) is 0 Å². The van der Waals surface area contributed by atoms with E-state index in [1.54, 1.807) is 6.07 Å². The van der Waals surface area contributed by atoms with Crippen molar-refractivity contribution in [2.45, 2.75) is 84.1 Å². The van der Waals surface area contributed by atoms with Gasteiger partial charge in [-0.15, -0.1) is 0 Å². The smallest absolute Gasteiger partial charge is 0.123 e. The number of aryl methyl sites for hydroxylation is 1. The van der Waals surface area contributed by atoms with Gasteiger partial charge in [0.15, 0.2) is 0 Å². The van der Waals surface area contributed by atoms with E-state index in [2.05, 4.69) is 6.92 Å². The van der Waals surface area contributed by atoms with Crippen LogP contribution < -0.4 is 5.73 Å². The average molecular weight is 293 g/mol. The highest BCUT2D eigenvalue weighted by atomic mass is 19.1. The molecule has 0 spiro atoms. The molecule has 0 aliphatic heterocycles. The summed E-state index contributed by atoms with van der Waals surface area (Å²) in [7, 11) is 0. The molecule has 0 fully saturated rings. The van der Waals surface area contributed by atoms with Gasteiger partial charge in [-0.1, -0.05) is 70.8 Å². The number of halogens is 1. The molecule has 120 valence electrons. The third kappa shape index (κ3) is 7.61. The van der Waals surface area contributed by atoms with Crippen LogP contribution in [0.5, 0.6) is 0 Å². The molecule has 0 saturated heterocycles. The SMILES string of the molecule is CCCCCCCCCCCC(N)c1ccc(F)cc1C. The van der Waals surface area contributed by atoms with Crippen LogP contribution in [-0.2, 0) is 0 Å². The molecule has 1 rings (SSSR count). The van der Waals surface area contributed by atoms with E-state index < -0.39 is 0 Å². The third-order valence-corrected chi connectivity index (χ3v) is 4.25. The molecule has 2 N–H and O–H groups in total. The van der Waals surface area contributed by atoms with E-state index in [0.717, 1.165) is 17.5 Å². The van der Waals surface area contributed by atoms with Crippen LogP contribution in [0.1, 0.15) is 88.3 Å². The fourth-order valence-electron chi connectivity index (χ4n) is 2.89. The lowest BCUT2D eigenvalue weighted by Crippen LogP contribution is -2.11. The van der Waals surface area contributed by atoms with Gasteiger partial charge >= 0.3 is 0 Å². The first kappa shape index (κ1) is 18.2. The highest BCUT2D eigenvalue weighted by Gasteiger charge is 2.09. The molecule has 0 bridgehead atoms. The molecule has 0 saturated carbocycles. The molecule has 1 aromatic rings. The molecule has 0 aliphatic rings. The van der Waals surface area contributed by atoms with Crippen molar-refractivity contribution in [1.29, 1.82) is 0 Å². The normalized spacial score (nSPS) is 12.6. The highest BCUT2D eigenvalue weighted by Crippen LogP contribution is 2.22. The number of benzene rings is 1. The van der Waals surface area contributed by atoms with Crippen LogP contribution in [0.25, 0.3) is 0 Å². The zero-order valence-electron chi connectivity index (χ0n) is 13.8. The quantitative estimate of drug-likeness (QED) is 0.493. The summed E-state index contributed by atoms with van der Waals surface area (Å²) in [6, 6.07) is 4.97. The van der Waals surface area contributed by atoms with Crippen molar-refractivity contribution >= 4 is 0 Å². The zero-order valence-corrected chi connectivity index (χ0v) is 13.8. The minimum Gasteiger partial charge on any atom is -0.324 e. The van der Waals surface area contributed by atoms with Crippen molar-refractivity contribution in [3.05, 3.63) is 35.1 Å². The fourth-order valence-corrected chi connectivity index (χ4v) is 2.89.